The predicted octanol–water partition coefficient (Wildman–Crippen LogP) is 1.87. The molecular weight excluding hydrogens is 172 g/mol. The predicted molar refractivity (Wildman–Crippen MR) is 58.8 cm³/mol. The molecule has 0 amide bonds. The number of fused-ring (bicyclic) bond motifs is 3. The third kappa shape index (κ3) is 1.07. The fourth-order valence-electron chi connectivity index (χ4n) is 2.74. The van der Waals surface area contributed by atoms with Gasteiger partial charge in [0.25, 0.3) is 0 Å². The van der Waals surface area contributed by atoms with E-state index in [1.54, 1.807) is 0 Å². The van der Waals surface area contributed by atoms with E-state index < -0.39 is 0 Å². The number of hydrogen-bond acceptors (Lipinski definition) is 2. The zero-order valence-electron chi connectivity index (χ0n) is 8.51. The zero-order valence-corrected chi connectivity index (χ0v) is 8.51. The second-order valence-electron chi connectivity index (χ2n) is 4.39. The number of benzene rings is 1. The lowest BCUT2D eigenvalue weighted by Gasteiger charge is -2.26. The largest absolute Gasteiger partial charge is 0.381 e. The van der Waals surface area contributed by atoms with Gasteiger partial charge in [0.05, 0.1) is 0 Å². The molecule has 1 fully saturated rings. The van der Waals surface area contributed by atoms with Crippen molar-refractivity contribution in [2.75, 3.05) is 18.4 Å². The van der Waals surface area contributed by atoms with Gasteiger partial charge in [0.2, 0.25) is 0 Å². The minimum absolute atomic E-state index is 0.673. The zero-order chi connectivity index (χ0) is 9.54. The monoisotopic (exact) mass is 188 g/mol. The molecule has 1 aromatic carbocycles. The van der Waals surface area contributed by atoms with Gasteiger partial charge in [-0.3, -0.25) is 0 Å². The summed E-state index contributed by atoms with van der Waals surface area (Å²) in [6, 6.07) is 7.31. The number of nitrogens with one attached hydrogen (secondary N) is 2. The van der Waals surface area contributed by atoms with Gasteiger partial charge in [0.1, 0.15) is 0 Å². The summed E-state index contributed by atoms with van der Waals surface area (Å²) >= 11 is 0. The van der Waals surface area contributed by atoms with E-state index in [0.29, 0.717) is 12.0 Å². The Labute approximate surface area is 84.7 Å². The standard InChI is InChI=1S/C12H16N2/c1-8-3-2-4-9-10-7-13-6-5-11(10)14-12(8)9/h2-4,10-11,13-14H,5-7H2,1H3/t10-,11-/m0/s1. The first-order valence-corrected chi connectivity index (χ1v) is 5.43. The van der Waals surface area contributed by atoms with Gasteiger partial charge in [-0.2, -0.15) is 0 Å². The lowest BCUT2D eigenvalue weighted by Crippen LogP contribution is -2.38. The first-order chi connectivity index (χ1) is 6.86. The van der Waals surface area contributed by atoms with Gasteiger partial charge >= 0.3 is 0 Å². The van der Waals surface area contributed by atoms with Crippen molar-refractivity contribution in [2.24, 2.45) is 0 Å². The Morgan fingerprint density at radius 1 is 1.36 bits per heavy atom. The van der Waals surface area contributed by atoms with Crippen LogP contribution in [0, 0.1) is 6.92 Å². The normalized spacial score (nSPS) is 29.2. The van der Waals surface area contributed by atoms with E-state index in [1.165, 1.54) is 23.2 Å². The molecule has 0 saturated carbocycles. The van der Waals surface area contributed by atoms with Crippen LogP contribution in [0.4, 0.5) is 5.69 Å². The van der Waals surface area contributed by atoms with E-state index in [4.69, 9.17) is 0 Å². The van der Waals surface area contributed by atoms with Crippen LogP contribution in [0.15, 0.2) is 18.2 Å². The molecule has 74 valence electrons. The van der Waals surface area contributed by atoms with Crippen molar-refractivity contribution in [1.29, 1.82) is 0 Å². The topological polar surface area (TPSA) is 24.1 Å². The molecule has 14 heavy (non-hydrogen) atoms. The van der Waals surface area contributed by atoms with Crippen LogP contribution in [0.2, 0.25) is 0 Å². The molecule has 0 radical (unpaired) electrons. The number of aryl methyl sites for hydroxylation is 1. The van der Waals surface area contributed by atoms with Crippen LogP contribution in [-0.4, -0.2) is 19.1 Å². The minimum atomic E-state index is 0.673. The quantitative estimate of drug-likeness (QED) is 0.649. The van der Waals surface area contributed by atoms with Gasteiger partial charge < -0.3 is 10.6 Å². The van der Waals surface area contributed by atoms with Crippen molar-refractivity contribution in [2.45, 2.75) is 25.3 Å². The Morgan fingerprint density at radius 3 is 3.21 bits per heavy atom. The number of hydrogen-bond donors (Lipinski definition) is 2. The lowest BCUT2D eigenvalue weighted by atomic mass is 9.90. The fourth-order valence-corrected chi connectivity index (χ4v) is 2.74. The van der Waals surface area contributed by atoms with Crippen molar-refractivity contribution in [3.05, 3.63) is 29.3 Å². The van der Waals surface area contributed by atoms with Crippen molar-refractivity contribution in [3.8, 4) is 0 Å². The number of anilines is 1. The molecule has 0 bridgehead atoms. The highest BCUT2D eigenvalue weighted by Crippen LogP contribution is 2.39. The highest BCUT2D eigenvalue weighted by atomic mass is 15.0. The molecule has 2 heterocycles. The molecule has 2 aliphatic heterocycles. The van der Waals surface area contributed by atoms with Crippen molar-refractivity contribution < 1.29 is 0 Å². The SMILES string of the molecule is Cc1cccc2c1N[C@H]1CCNC[C@@H]21. The second-order valence-corrected chi connectivity index (χ2v) is 4.39. The van der Waals surface area contributed by atoms with Crippen molar-refractivity contribution in [3.63, 3.8) is 0 Å². The van der Waals surface area contributed by atoms with Crippen LogP contribution in [0.5, 0.6) is 0 Å². The molecule has 0 unspecified atom stereocenters. The third-order valence-corrected chi connectivity index (χ3v) is 3.52. The van der Waals surface area contributed by atoms with Gasteiger partial charge in [-0.25, -0.2) is 0 Å². The van der Waals surface area contributed by atoms with Gasteiger partial charge in [-0.15, -0.1) is 0 Å². The molecule has 3 rings (SSSR count). The molecule has 2 atom stereocenters. The molecule has 2 heteroatoms. The van der Waals surface area contributed by atoms with E-state index >= 15 is 0 Å². The summed E-state index contributed by atoms with van der Waals surface area (Å²) in [6.07, 6.45) is 1.25. The van der Waals surface area contributed by atoms with E-state index in [1.807, 2.05) is 0 Å². The summed E-state index contributed by atoms with van der Waals surface area (Å²) in [7, 11) is 0. The summed E-state index contributed by atoms with van der Waals surface area (Å²) in [5.41, 5.74) is 4.30. The van der Waals surface area contributed by atoms with Crippen LogP contribution in [0.25, 0.3) is 0 Å². The Morgan fingerprint density at radius 2 is 2.29 bits per heavy atom. The summed E-state index contributed by atoms with van der Waals surface area (Å²) in [4.78, 5) is 0. The Hall–Kier alpha value is -1.02. The van der Waals surface area contributed by atoms with Crippen LogP contribution < -0.4 is 10.6 Å². The van der Waals surface area contributed by atoms with Gasteiger partial charge in [-0.05, 0) is 31.0 Å². The van der Waals surface area contributed by atoms with E-state index in [0.717, 1.165) is 13.1 Å². The van der Waals surface area contributed by atoms with Crippen LogP contribution in [0.1, 0.15) is 23.5 Å². The Bertz CT molecular complexity index is 359. The lowest BCUT2D eigenvalue weighted by molar-refractivity contribution is 0.440. The smallest absolute Gasteiger partial charge is 0.0408 e. The number of piperidine rings is 1. The first-order valence-electron chi connectivity index (χ1n) is 5.43. The molecule has 2 N–H and O–H groups in total. The summed E-state index contributed by atoms with van der Waals surface area (Å²) in [5.74, 6) is 0.693. The molecule has 0 aliphatic carbocycles. The first kappa shape index (κ1) is 8.30. The van der Waals surface area contributed by atoms with E-state index in [-0.39, 0.29) is 0 Å². The van der Waals surface area contributed by atoms with Crippen LogP contribution in [-0.2, 0) is 0 Å². The molecule has 2 aliphatic rings. The highest BCUT2D eigenvalue weighted by Gasteiger charge is 2.34. The minimum Gasteiger partial charge on any atom is -0.381 e. The van der Waals surface area contributed by atoms with Crippen LogP contribution in [0.3, 0.4) is 0 Å². The maximum Gasteiger partial charge on any atom is 0.0408 e. The summed E-state index contributed by atoms with van der Waals surface area (Å²) < 4.78 is 0. The molecule has 1 saturated heterocycles. The average Bonchev–Trinajstić information content (AvgIpc) is 2.59. The average molecular weight is 188 g/mol. The summed E-state index contributed by atoms with van der Waals surface area (Å²) in [6.45, 7) is 4.48. The molecule has 0 aromatic heterocycles. The Kier molecular flexibility index (Phi) is 1.77. The van der Waals surface area contributed by atoms with E-state index in [9.17, 15) is 0 Å². The second kappa shape index (κ2) is 2.99. The third-order valence-electron chi connectivity index (χ3n) is 3.52. The van der Waals surface area contributed by atoms with E-state index in [2.05, 4.69) is 35.8 Å². The fraction of sp³-hybridized carbons (Fsp3) is 0.500. The molecule has 2 nitrogen and oxygen atoms in total. The van der Waals surface area contributed by atoms with Crippen molar-refractivity contribution >= 4 is 5.69 Å². The van der Waals surface area contributed by atoms with Crippen LogP contribution >= 0.6 is 0 Å². The highest BCUT2D eigenvalue weighted by molar-refractivity contribution is 5.64. The van der Waals surface area contributed by atoms with Gasteiger partial charge in [0, 0.05) is 24.2 Å². The Balaban J connectivity index is 2.05. The number of rotatable bonds is 0. The number of para-hydroxylation sites is 1. The molecule has 0 spiro atoms. The van der Waals surface area contributed by atoms with Crippen molar-refractivity contribution in [1.82, 2.24) is 5.32 Å². The summed E-state index contributed by atoms with van der Waals surface area (Å²) in [5, 5.41) is 7.14. The molecular formula is C12H16N2. The molecule has 1 aromatic rings. The maximum absolute atomic E-state index is 3.66. The van der Waals surface area contributed by atoms with Gasteiger partial charge in [0.15, 0.2) is 0 Å². The van der Waals surface area contributed by atoms with Gasteiger partial charge in [-0.1, -0.05) is 18.2 Å². The maximum atomic E-state index is 3.66.